The highest BCUT2D eigenvalue weighted by atomic mass is 79.9. The summed E-state index contributed by atoms with van der Waals surface area (Å²) >= 11 is 3.48. The van der Waals surface area contributed by atoms with Gasteiger partial charge in [0.05, 0.1) is 11.6 Å². The van der Waals surface area contributed by atoms with E-state index in [0.29, 0.717) is 0 Å². The third-order valence-electron chi connectivity index (χ3n) is 4.67. The molecule has 0 aliphatic carbocycles. The van der Waals surface area contributed by atoms with Crippen LogP contribution in [0.3, 0.4) is 0 Å². The van der Waals surface area contributed by atoms with Gasteiger partial charge in [0, 0.05) is 38.9 Å². The fourth-order valence-electron chi connectivity index (χ4n) is 3.18. The summed E-state index contributed by atoms with van der Waals surface area (Å²) in [5.74, 6) is 0.878. The Morgan fingerprint density at radius 3 is 2.78 bits per heavy atom. The van der Waals surface area contributed by atoms with Crippen LogP contribution < -0.4 is 9.64 Å². The number of anilines is 1. The van der Waals surface area contributed by atoms with Gasteiger partial charge in [0.25, 0.3) is 0 Å². The summed E-state index contributed by atoms with van der Waals surface area (Å²) in [6.45, 7) is 2.35. The molecule has 1 atom stereocenters. The molecule has 2 aromatic rings. The molecule has 1 fully saturated rings. The average Bonchev–Trinajstić information content (AvgIpc) is 3.09. The number of rotatable bonds is 5. The molecule has 0 radical (unpaired) electrons. The molecular weight excluding hydrogens is 425 g/mol. The Bertz CT molecular complexity index is 802. The minimum absolute atomic E-state index is 0.0650. The molecule has 27 heavy (non-hydrogen) atoms. The number of aromatic nitrogens is 2. The lowest BCUT2D eigenvalue weighted by Crippen LogP contribution is -2.35. The van der Waals surface area contributed by atoms with E-state index < -0.39 is 11.9 Å². The van der Waals surface area contributed by atoms with Crippen LogP contribution in [0.25, 0.3) is 0 Å². The van der Waals surface area contributed by atoms with E-state index in [-0.39, 0.29) is 12.0 Å². The van der Waals surface area contributed by atoms with E-state index in [4.69, 9.17) is 4.74 Å². The van der Waals surface area contributed by atoms with Crippen molar-refractivity contribution >= 4 is 21.9 Å². The Labute approximate surface area is 164 Å². The number of likely N-dealkylation sites (N-methyl/N-ethyl adjacent to an activating group) is 1. The van der Waals surface area contributed by atoms with Crippen LogP contribution in [0, 0.1) is 0 Å². The number of hydrogen-bond donors (Lipinski definition) is 0. The molecule has 2 heterocycles. The smallest absolute Gasteiger partial charge is 0.433 e. The van der Waals surface area contributed by atoms with Crippen molar-refractivity contribution in [3.8, 4) is 5.75 Å². The zero-order valence-electron chi connectivity index (χ0n) is 15.0. The highest BCUT2D eigenvalue weighted by Gasteiger charge is 2.34. The van der Waals surface area contributed by atoms with Gasteiger partial charge >= 0.3 is 6.18 Å². The first-order valence-corrected chi connectivity index (χ1v) is 9.25. The summed E-state index contributed by atoms with van der Waals surface area (Å²) in [4.78, 5) is 11.7. The monoisotopic (exact) mass is 444 g/mol. The van der Waals surface area contributed by atoms with Crippen molar-refractivity contribution in [3.63, 3.8) is 0 Å². The zero-order valence-corrected chi connectivity index (χ0v) is 16.6. The van der Waals surface area contributed by atoms with Crippen LogP contribution in [0.15, 0.2) is 34.9 Å². The summed E-state index contributed by atoms with van der Waals surface area (Å²) in [5.41, 5.74) is 0.221. The number of likely N-dealkylation sites (tertiary alicyclic amines) is 1. The molecule has 1 aromatic heterocycles. The first kappa shape index (κ1) is 19.9. The Morgan fingerprint density at radius 2 is 2.11 bits per heavy atom. The Morgan fingerprint density at radius 1 is 1.33 bits per heavy atom. The van der Waals surface area contributed by atoms with E-state index in [0.717, 1.165) is 54.1 Å². The normalized spacial score (nSPS) is 17.9. The second-order valence-corrected chi connectivity index (χ2v) is 7.35. The lowest BCUT2D eigenvalue weighted by molar-refractivity contribution is -0.141. The molecule has 0 N–H and O–H groups in total. The molecule has 0 amide bonds. The van der Waals surface area contributed by atoms with E-state index in [1.807, 2.05) is 18.2 Å². The Balaban J connectivity index is 1.64. The van der Waals surface area contributed by atoms with Gasteiger partial charge in [0.1, 0.15) is 11.4 Å². The lowest BCUT2D eigenvalue weighted by Gasteiger charge is -2.25. The maximum atomic E-state index is 12.9. The number of hydrogen-bond acceptors (Lipinski definition) is 5. The van der Waals surface area contributed by atoms with Gasteiger partial charge in [-0.25, -0.2) is 9.97 Å². The summed E-state index contributed by atoms with van der Waals surface area (Å²) in [6, 6.07) is 6.90. The summed E-state index contributed by atoms with van der Waals surface area (Å²) < 4.78 is 44.7. The molecule has 5 nitrogen and oxygen atoms in total. The SMILES string of the molecule is COc1ccc(CN2CCC(N(C)c3nccc(C(F)(F)F)n3)C2)cc1Br. The standard InChI is InChI=1S/C18H20BrF3N4O/c1-25(17-23-7-5-16(24-17)18(20,21)22)13-6-8-26(11-13)10-12-3-4-15(27-2)14(19)9-12/h3-5,7,9,13H,6,8,10-11H2,1-2H3. The van der Waals surface area contributed by atoms with Crippen LogP contribution in [0.5, 0.6) is 5.75 Å². The van der Waals surface area contributed by atoms with Crippen molar-refractivity contribution in [1.82, 2.24) is 14.9 Å². The maximum absolute atomic E-state index is 12.9. The summed E-state index contributed by atoms with van der Waals surface area (Å²) in [7, 11) is 3.37. The number of alkyl halides is 3. The van der Waals surface area contributed by atoms with Gasteiger partial charge in [-0.15, -0.1) is 0 Å². The molecule has 1 saturated heterocycles. The van der Waals surface area contributed by atoms with E-state index in [9.17, 15) is 13.2 Å². The molecule has 0 spiro atoms. The van der Waals surface area contributed by atoms with Gasteiger partial charge in [-0.2, -0.15) is 13.2 Å². The highest BCUT2D eigenvalue weighted by Crippen LogP contribution is 2.29. The topological polar surface area (TPSA) is 41.5 Å². The lowest BCUT2D eigenvalue weighted by atomic mass is 10.2. The van der Waals surface area contributed by atoms with Crippen molar-refractivity contribution in [1.29, 1.82) is 0 Å². The van der Waals surface area contributed by atoms with Crippen LogP contribution in [-0.4, -0.2) is 48.2 Å². The van der Waals surface area contributed by atoms with Gasteiger partial charge in [-0.05, 0) is 46.1 Å². The highest BCUT2D eigenvalue weighted by molar-refractivity contribution is 9.10. The van der Waals surface area contributed by atoms with Crippen molar-refractivity contribution in [2.45, 2.75) is 25.2 Å². The third-order valence-corrected chi connectivity index (χ3v) is 5.29. The number of benzene rings is 1. The Kier molecular flexibility index (Phi) is 5.90. The second-order valence-electron chi connectivity index (χ2n) is 6.50. The van der Waals surface area contributed by atoms with Crippen LogP contribution >= 0.6 is 15.9 Å². The molecule has 1 unspecified atom stereocenters. The fraction of sp³-hybridized carbons (Fsp3) is 0.444. The van der Waals surface area contributed by atoms with E-state index >= 15 is 0 Å². The molecule has 0 saturated carbocycles. The number of nitrogens with zero attached hydrogens (tertiary/aromatic N) is 4. The van der Waals surface area contributed by atoms with E-state index in [1.165, 1.54) is 0 Å². The molecular formula is C18H20BrF3N4O. The largest absolute Gasteiger partial charge is 0.496 e. The average molecular weight is 445 g/mol. The quantitative estimate of drug-likeness (QED) is 0.697. The first-order chi connectivity index (χ1) is 12.8. The van der Waals surface area contributed by atoms with E-state index in [2.05, 4.69) is 30.8 Å². The minimum Gasteiger partial charge on any atom is -0.496 e. The van der Waals surface area contributed by atoms with Crippen LogP contribution in [0.1, 0.15) is 17.7 Å². The van der Waals surface area contributed by atoms with Crippen molar-refractivity contribution in [2.24, 2.45) is 0 Å². The molecule has 1 aliphatic heterocycles. The maximum Gasteiger partial charge on any atom is 0.433 e. The molecule has 0 bridgehead atoms. The predicted molar refractivity (Wildman–Crippen MR) is 99.8 cm³/mol. The minimum atomic E-state index is -4.47. The van der Waals surface area contributed by atoms with Crippen LogP contribution in [0.2, 0.25) is 0 Å². The predicted octanol–water partition coefficient (Wildman–Crippen LogP) is 3.98. The second kappa shape index (κ2) is 8.02. The van der Waals surface area contributed by atoms with Crippen molar-refractivity contribution < 1.29 is 17.9 Å². The Hall–Kier alpha value is -1.87. The van der Waals surface area contributed by atoms with Gasteiger partial charge < -0.3 is 9.64 Å². The van der Waals surface area contributed by atoms with Crippen molar-refractivity contribution in [3.05, 3.63) is 46.2 Å². The van der Waals surface area contributed by atoms with Gasteiger partial charge in [-0.1, -0.05) is 6.07 Å². The zero-order chi connectivity index (χ0) is 19.6. The first-order valence-electron chi connectivity index (χ1n) is 8.46. The summed E-state index contributed by atoms with van der Waals surface area (Å²) in [6.07, 6.45) is -2.47. The molecule has 9 heteroatoms. The van der Waals surface area contributed by atoms with Crippen molar-refractivity contribution in [2.75, 3.05) is 32.1 Å². The molecule has 3 rings (SSSR count). The third kappa shape index (κ3) is 4.70. The number of halogens is 4. The molecule has 1 aromatic carbocycles. The van der Waals surface area contributed by atoms with Gasteiger partial charge in [-0.3, -0.25) is 4.90 Å². The van der Waals surface area contributed by atoms with Crippen LogP contribution in [-0.2, 0) is 12.7 Å². The molecule has 1 aliphatic rings. The fourth-order valence-corrected chi connectivity index (χ4v) is 3.77. The summed E-state index contributed by atoms with van der Waals surface area (Å²) in [5, 5.41) is 0. The van der Waals surface area contributed by atoms with Crippen LogP contribution in [0.4, 0.5) is 19.1 Å². The van der Waals surface area contributed by atoms with E-state index in [1.54, 1.807) is 19.1 Å². The van der Waals surface area contributed by atoms with Gasteiger partial charge in [0.2, 0.25) is 5.95 Å². The number of methoxy groups -OCH3 is 1. The molecule has 146 valence electrons. The van der Waals surface area contributed by atoms with Gasteiger partial charge in [0.15, 0.2) is 0 Å². The number of ether oxygens (including phenoxy) is 1.